The van der Waals surface area contributed by atoms with Gasteiger partial charge < -0.3 is 33.9 Å². The Bertz CT molecular complexity index is 1220. The minimum absolute atomic E-state index is 0.0415. The number of ether oxygens (including phenoxy) is 5. The molecule has 1 aromatic carbocycles. The van der Waals surface area contributed by atoms with E-state index >= 15 is 0 Å². The SMILES string of the molecule is C=CCOC(=O)C[C@](O)(CCCC(C)(C)O)C(=O)OC1C(OC)=C[C@]23CCCN2CCc2cc4c(cc2[C@H]13)OCO4. The Kier molecular flexibility index (Phi) is 8.11. The number of nitrogens with zero attached hydrogens (tertiary/aromatic N) is 1. The number of fused-ring (bicyclic) bond motifs is 3. The van der Waals surface area contributed by atoms with Gasteiger partial charge >= 0.3 is 11.9 Å². The van der Waals surface area contributed by atoms with Gasteiger partial charge in [0.05, 0.1) is 30.6 Å². The van der Waals surface area contributed by atoms with Crippen LogP contribution < -0.4 is 9.47 Å². The van der Waals surface area contributed by atoms with E-state index in [9.17, 15) is 19.8 Å². The largest absolute Gasteiger partial charge is 0.497 e. The number of hydrogen-bond donors (Lipinski definition) is 2. The molecule has 4 atom stereocenters. The van der Waals surface area contributed by atoms with Gasteiger partial charge in [0.25, 0.3) is 0 Å². The summed E-state index contributed by atoms with van der Waals surface area (Å²) in [4.78, 5) is 28.9. The molecule has 5 rings (SSSR count). The molecule has 1 saturated heterocycles. The van der Waals surface area contributed by atoms with E-state index in [1.807, 2.05) is 12.1 Å². The summed E-state index contributed by atoms with van der Waals surface area (Å²) in [5.41, 5.74) is -1.50. The number of esters is 2. The van der Waals surface area contributed by atoms with Crippen molar-refractivity contribution in [2.45, 2.75) is 87.6 Å². The van der Waals surface area contributed by atoms with E-state index in [1.165, 1.54) is 6.08 Å². The Morgan fingerprint density at radius 3 is 2.66 bits per heavy atom. The molecule has 1 fully saturated rings. The Labute approximate surface area is 240 Å². The Hall–Kier alpha value is -3.08. The Morgan fingerprint density at radius 2 is 1.95 bits per heavy atom. The van der Waals surface area contributed by atoms with Gasteiger partial charge in [-0.2, -0.15) is 0 Å². The maximum atomic E-state index is 13.9. The molecule has 0 amide bonds. The molecule has 4 aliphatic rings. The van der Waals surface area contributed by atoms with Crippen LogP contribution in [-0.2, 0) is 30.2 Å². The van der Waals surface area contributed by atoms with E-state index in [0.29, 0.717) is 23.7 Å². The third-order valence-corrected chi connectivity index (χ3v) is 8.76. The topological polar surface area (TPSA) is 124 Å². The van der Waals surface area contributed by atoms with Crippen molar-refractivity contribution < 1.29 is 43.5 Å². The first-order valence-electron chi connectivity index (χ1n) is 14.4. The first-order valence-corrected chi connectivity index (χ1v) is 14.4. The van der Waals surface area contributed by atoms with E-state index in [-0.39, 0.29) is 32.2 Å². The number of benzene rings is 1. The van der Waals surface area contributed by atoms with E-state index < -0.39 is 41.2 Å². The van der Waals surface area contributed by atoms with Crippen LogP contribution in [0.4, 0.5) is 0 Å². The highest BCUT2D eigenvalue weighted by Crippen LogP contribution is 2.55. The van der Waals surface area contributed by atoms with Crippen LogP contribution in [0.5, 0.6) is 11.5 Å². The van der Waals surface area contributed by atoms with Crippen molar-refractivity contribution in [3.8, 4) is 11.5 Å². The fourth-order valence-electron chi connectivity index (χ4n) is 6.84. The number of hydrogen-bond acceptors (Lipinski definition) is 10. The molecular weight excluding hydrogens is 530 g/mol. The van der Waals surface area contributed by atoms with Gasteiger partial charge in [0, 0.05) is 6.54 Å². The molecule has 1 unspecified atom stereocenters. The minimum Gasteiger partial charge on any atom is -0.497 e. The van der Waals surface area contributed by atoms with Crippen LogP contribution in [0.1, 0.15) is 69.4 Å². The van der Waals surface area contributed by atoms with E-state index in [4.69, 9.17) is 23.7 Å². The average Bonchev–Trinajstić information content (AvgIpc) is 3.60. The summed E-state index contributed by atoms with van der Waals surface area (Å²) >= 11 is 0. The molecule has 224 valence electrons. The second-order valence-corrected chi connectivity index (χ2v) is 12.1. The highest BCUT2D eigenvalue weighted by Gasteiger charge is 2.59. The lowest BCUT2D eigenvalue weighted by atomic mass is 9.77. The van der Waals surface area contributed by atoms with Crippen molar-refractivity contribution in [2.24, 2.45) is 0 Å². The van der Waals surface area contributed by atoms with Crippen LogP contribution in [0.3, 0.4) is 0 Å². The van der Waals surface area contributed by atoms with Crippen LogP contribution >= 0.6 is 0 Å². The second-order valence-electron chi connectivity index (χ2n) is 12.1. The average molecular weight is 572 g/mol. The standard InChI is InChI=1S/C31H41NO9/c1-5-14-38-25(33)18-31(36,11-6-9-29(2,3)35)28(34)41-27-24(37-4)17-30-10-7-12-32(30)13-8-20-15-22-23(40-19-39-22)16-21(20)26(27)30/h5,15-17,26-27,35-36H,1,6-14,18-19H2,2-4H3/t26-,27?,30+,31-/m1/s1. The molecule has 0 bridgehead atoms. The summed E-state index contributed by atoms with van der Waals surface area (Å²) in [7, 11) is 1.55. The smallest absolute Gasteiger partial charge is 0.339 e. The van der Waals surface area contributed by atoms with E-state index in [0.717, 1.165) is 43.5 Å². The molecule has 1 spiro atoms. The van der Waals surface area contributed by atoms with Crippen molar-refractivity contribution in [1.29, 1.82) is 0 Å². The number of aliphatic hydroxyl groups is 2. The summed E-state index contributed by atoms with van der Waals surface area (Å²) in [5, 5.41) is 21.8. The maximum absolute atomic E-state index is 13.9. The van der Waals surface area contributed by atoms with Gasteiger partial charge in [-0.05, 0) is 88.3 Å². The molecule has 0 radical (unpaired) electrons. The van der Waals surface area contributed by atoms with Crippen molar-refractivity contribution >= 4 is 11.9 Å². The monoisotopic (exact) mass is 571 g/mol. The van der Waals surface area contributed by atoms with Gasteiger partial charge in [-0.15, -0.1) is 0 Å². The Morgan fingerprint density at radius 1 is 1.20 bits per heavy atom. The molecule has 2 N–H and O–H groups in total. The lowest BCUT2D eigenvalue weighted by Crippen LogP contribution is -2.49. The van der Waals surface area contributed by atoms with Gasteiger partial charge in [-0.25, -0.2) is 4.79 Å². The van der Waals surface area contributed by atoms with Gasteiger partial charge in [-0.1, -0.05) is 12.7 Å². The van der Waals surface area contributed by atoms with Gasteiger partial charge in [0.1, 0.15) is 12.4 Å². The predicted octanol–water partition coefficient (Wildman–Crippen LogP) is 3.14. The van der Waals surface area contributed by atoms with Crippen LogP contribution in [0.25, 0.3) is 0 Å². The number of methoxy groups -OCH3 is 1. The lowest BCUT2D eigenvalue weighted by Gasteiger charge is -2.39. The summed E-state index contributed by atoms with van der Waals surface area (Å²) in [6.07, 6.45) is 5.24. The highest BCUT2D eigenvalue weighted by atomic mass is 16.7. The normalized spacial score (nSPS) is 26.1. The number of carbonyl (C=O) groups is 2. The fraction of sp³-hybridized carbons (Fsp3) is 0.613. The van der Waals surface area contributed by atoms with Crippen molar-refractivity contribution in [2.75, 3.05) is 33.6 Å². The van der Waals surface area contributed by atoms with E-state index in [1.54, 1.807) is 21.0 Å². The molecule has 10 nitrogen and oxygen atoms in total. The van der Waals surface area contributed by atoms with Crippen LogP contribution in [0, 0.1) is 0 Å². The van der Waals surface area contributed by atoms with Gasteiger partial charge in [0.2, 0.25) is 6.79 Å². The van der Waals surface area contributed by atoms with Crippen molar-refractivity contribution in [1.82, 2.24) is 4.90 Å². The molecule has 0 aromatic heterocycles. The summed E-state index contributed by atoms with van der Waals surface area (Å²) < 4.78 is 28.5. The zero-order valence-corrected chi connectivity index (χ0v) is 24.1. The van der Waals surface area contributed by atoms with E-state index in [2.05, 4.69) is 17.6 Å². The van der Waals surface area contributed by atoms with Gasteiger partial charge in [0.15, 0.2) is 23.2 Å². The van der Waals surface area contributed by atoms with Crippen LogP contribution in [0.2, 0.25) is 0 Å². The number of rotatable bonds is 11. The van der Waals surface area contributed by atoms with Crippen LogP contribution in [0.15, 0.2) is 36.6 Å². The third-order valence-electron chi connectivity index (χ3n) is 8.76. The summed E-state index contributed by atoms with van der Waals surface area (Å²) in [6, 6.07) is 4.00. The molecule has 41 heavy (non-hydrogen) atoms. The summed E-state index contributed by atoms with van der Waals surface area (Å²) in [5.74, 6) is -0.129. The molecule has 1 aliphatic carbocycles. The second kappa shape index (κ2) is 11.3. The molecule has 3 heterocycles. The fourth-order valence-corrected chi connectivity index (χ4v) is 6.84. The lowest BCUT2D eigenvalue weighted by molar-refractivity contribution is -0.179. The number of carbonyl (C=O) groups excluding carboxylic acids is 2. The molecule has 10 heteroatoms. The zero-order valence-electron chi connectivity index (χ0n) is 24.1. The first-order chi connectivity index (χ1) is 19.5. The predicted molar refractivity (Wildman–Crippen MR) is 148 cm³/mol. The zero-order chi connectivity index (χ0) is 29.4. The van der Waals surface area contributed by atoms with Crippen molar-refractivity contribution in [3.05, 3.63) is 47.7 Å². The Balaban J connectivity index is 1.49. The minimum atomic E-state index is -2.16. The highest BCUT2D eigenvalue weighted by molar-refractivity contribution is 5.86. The quantitative estimate of drug-likeness (QED) is 0.302. The maximum Gasteiger partial charge on any atom is 0.339 e. The van der Waals surface area contributed by atoms with Crippen molar-refractivity contribution in [3.63, 3.8) is 0 Å². The molecular formula is C31H41NO9. The molecule has 0 saturated carbocycles. The third kappa shape index (κ3) is 5.69. The first kappa shape index (κ1) is 29.4. The van der Waals surface area contributed by atoms with Gasteiger partial charge in [-0.3, -0.25) is 9.69 Å². The molecule has 1 aromatic rings. The van der Waals surface area contributed by atoms with Crippen LogP contribution in [-0.4, -0.2) is 83.5 Å². The molecule has 3 aliphatic heterocycles. The summed E-state index contributed by atoms with van der Waals surface area (Å²) in [6.45, 7) is 8.68.